The zero-order chi connectivity index (χ0) is 15.2. The SMILES string of the molecule is CCCCN(C(C)CC)C1CCCC(NC)(C(N)=O)C1. The second-order valence-corrected chi connectivity index (χ2v) is 6.30. The van der Waals surface area contributed by atoms with E-state index in [0.717, 1.165) is 32.2 Å². The molecule has 0 spiro atoms. The lowest BCUT2D eigenvalue weighted by Crippen LogP contribution is -2.60. The number of hydrogen-bond acceptors (Lipinski definition) is 3. The fourth-order valence-electron chi connectivity index (χ4n) is 3.44. The second kappa shape index (κ2) is 7.99. The van der Waals surface area contributed by atoms with E-state index in [0.29, 0.717) is 12.1 Å². The molecule has 1 rings (SSSR count). The van der Waals surface area contributed by atoms with E-state index in [1.807, 2.05) is 7.05 Å². The Labute approximate surface area is 124 Å². The molecule has 0 radical (unpaired) electrons. The van der Waals surface area contributed by atoms with Gasteiger partial charge in [0.15, 0.2) is 0 Å². The van der Waals surface area contributed by atoms with Crippen molar-refractivity contribution in [1.82, 2.24) is 10.2 Å². The summed E-state index contributed by atoms with van der Waals surface area (Å²) in [6.45, 7) is 7.91. The van der Waals surface area contributed by atoms with Crippen molar-refractivity contribution < 1.29 is 4.79 Å². The molecule has 3 unspecified atom stereocenters. The Hall–Kier alpha value is -0.610. The molecule has 0 heterocycles. The van der Waals surface area contributed by atoms with Gasteiger partial charge in [-0.05, 0) is 59.0 Å². The summed E-state index contributed by atoms with van der Waals surface area (Å²) < 4.78 is 0. The lowest BCUT2D eigenvalue weighted by atomic mass is 9.77. The van der Waals surface area contributed by atoms with Crippen molar-refractivity contribution in [3.8, 4) is 0 Å². The highest BCUT2D eigenvalue weighted by atomic mass is 16.1. The number of primary amides is 1. The molecule has 0 saturated heterocycles. The topological polar surface area (TPSA) is 58.4 Å². The quantitative estimate of drug-likeness (QED) is 0.718. The third kappa shape index (κ3) is 3.95. The van der Waals surface area contributed by atoms with Gasteiger partial charge in [0.2, 0.25) is 5.91 Å². The predicted octanol–water partition coefficient (Wildman–Crippen LogP) is 2.27. The van der Waals surface area contributed by atoms with Gasteiger partial charge in [-0.2, -0.15) is 0 Å². The highest BCUT2D eigenvalue weighted by molar-refractivity contribution is 5.84. The summed E-state index contributed by atoms with van der Waals surface area (Å²) in [4.78, 5) is 14.5. The molecule has 1 aliphatic rings. The van der Waals surface area contributed by atoms with Gasteiger partial charge in [0.05, 0.1) is 5.54 Å². The zero-order valence-electron chi connectivity index (χ0n) is 13.7. The Kier molecular flexibility index (Phi) is 6.96. The fraction of sp³-hybridized carbons (Fsp3) is 0.938. The van der Waals surface area contributed by atoms with Crippen LogP contribution in [0.5, 0.6) is 0 Å². The van der Waals surface area contributed by atoms with Crippen LogP contribution >= 0.6 is 0 Å². The van der Waals surface area contributed by atoms with Crippen molar-refractivity contribution in [2.75, 3.05) is 13.6 Å². The Morgan fingerprint density at radius 2 is 2.20 bits per heavy atom. The molecule has 1 saturated carbocycles. The van der Waals surface area contributed by atoms with Crippen LogP contribution in [0, 0.1) is 0 Å². The molecule has 0 aromatic rings. The maximum absolute atomic E-state index is 11.9. The molecule has 20 heavy (non-hydrogen) atoms. The van der Waals surface area contributed by atoms with Gasteiger partial charge in [-0.25, -0.2) is 0 Å². The standard InChI is InChI=1S/C16H33N3O/c1-5-7-11-19(13(3)6-2)14-9-8-10-16(12-14,18-4)15(17)20/h13-14,18H,5-12H2,1-4H3,(H2,17,20). The van der Waals surface area contributed by atoms with Crippen LogP contribution < -0.4 is 11.1 Å². The van der Waals surface area contributed by atoms with Crippen molar-refractivity contribution in [2.45, 2.75) is 83.3 Å². The number of carbonyl (C=O) groups excluding carboxylic acids is 1. The maximum atomic E-state index is 11.9. The molecule has 1 aliphatic carbocycles. The van der Waals surface area contributed by atoms with E-state index < -0.39 is 5.54 Å². The molecular weight excluding hydrogens is 250 g/mol. The first-order valence-electron chi connectivity index (χ1n) is 8.25. The monoisotopic (exact) mass is 283 g/mol. The number of nitrogens with zero attached hydrogens (tertiary/aromatic N) is 1. The Balaban J connectivity index is 2.82. The van der Waals surface area contributed by atoms with Gasteiger partial charge in [-0.1, -0.05) is 20.3 Å². The zero-order valence-corrected chi connectivity index (χ0v) is 13.7. The molecule has 0 aliphatic heterocycles. The number of likely N-dealkylation sites (N-methyl/N-ethyl adjacent to an activating group) is 1. The largest absolute Gasteiger partial charge is 0.368 e. The van der Waals surface area contributed by atoms with Crippen molar-refractivity contribution in [3.05, 3.63) is 0 Å². The molecule has 3 atom stereocenters. The van der Waals surface area contributed by atoms with Gasteiger partial charge >= 0.3 is 0 Å². The first-order valence-corrected chi connectivity index (χ1v) is 8.25. The van der Waals surface area contributed by atoms with Crippen LogP contribution in [0.2, 0.25) is 0 Å². The van der Waals surface area contributed by atoms with E-state index in [2.05, 4.69) is 31.0 Å². The Morgan fingerprint density at radius 3 is 2.70 bits per heavy atom. The van der Waals surface area contributed by atoms with E-state index in [1.54, 1.807) is 0 Å². The predicted molar refractivity (Wildman–Crippen MR) is 84.6 cm³/mol. The van der Waals surface area contributed by atoms with E-state index in [4.69, 9.17) is 5.73 Å². The third-order valence-electron chi connectivity index (χ3n) is 5.07. The number of amides is 1. The molecule has 118 valence electrons. The summed E-state index contributed by atoms with van der Waals surface area (Å²) in [6.07, 6.45) is 7.59. The van der Waals surface area contributed by atoms with Crippen LogP contribution in [0.1, 0.15) is 65.7 Å². The fourth-order valence-corrected chi connectivity index (χ4v) is 3.44. The molecule has 4 nitrogen and oxygen atoms in total. The summed E-state index contributed by atoms with van der Waals surface area (Å²) in [5.41, 5.74) is 5.16. The summed E-state index contributed by atoms with van der Waals surface area (Å²) in [7, 11) is 1.87. The number of nitrogens with two attached hydrogens (primary N) is 1. The van der Waals surface area contributed by atoms with Crippen LogP contribution in [0.3, 0.4) is 0 Å². The minimum Gasteiger partial charge on any atom is -0.368 e. The first-order chi connectivity index (χ1) is 9.50. The van der Waals surface area contributed by atoms with Crippen LogP contribution in [0.4, 0.5) is 0 Å². The minimum atomic E-state index is -0.499. The molecule has 3 N–H and O–H groups in total. The normalized spacial score (nSPS) is 28.6. The maximum Gasteiger partial charge on any atom is 0.237 e. The third-order valence-corrected chi connectivity index (χ3v) is 5.07. The second-order valence-electron chi connectivity index (χ2n) is 6.30. The van der Waals surface area contributed by atoms with Gasteiger partial charge in [-0.3, -0.25) is 9.69 Å². The average molecular weight is 283 g/mol. The van der Waals surface area contributed by atoms with Crippen LogP contribution in [0.15, 0.2) is 0 Å². The highest BCUT2D eigenvalue weighted by Gasteiger charge is 2.42. The van der Waals surface area contributed by atoms with Crippen LogP contribution in [-0.4, -0.2) is 42.0 Å². The van der Waals surface area contributed by atoms with Crippen molar-refractivity contribution in [1.29, 1.82) is 0 Å². The minimum absolute atomic E-state index is 0.190. The van der Waals surface area contributed by atoms with Crippen molar-refractivity contribution >= 4 is 5.91 Å². The molecular formula is C16H33N3O. The summed E-state index contributed by atoms with van der Waals surface area (Å²) >= 11 is 0. The lowest BCUT2D eigenvalue weighted by Gasteiger charge is -2.45. The summed E-state index contributed by atoms with van der Waals surface area (Å²) in [5.74, 6) is -0.190. The number of hydrogen-bond donors (Lipinski definition) is 2. The molecule has 1 amide bonds. The Bertz CT molecular complexity index is 308. The number of carbonyl (C=O) groups is 1. The number of unbranched alkanes of at least 4 members (excludes halogenated alkanes) is 1. The number of nitrogens with one attached hydrogen (secondary N) is 1. The van der Waals surface area contributed by atoms with Gasteiger partial charge in [-0.15, -0.1) is 0 Å². The van der Waals surface area contributed by atoms with Crippen molar-refractivity contribution in [3.63, 3.8) is 0 Å². The molecule has 0 bridgehead atoms. The average Bonchev–Trinajstić information content (AvgIpc) is 2.47. The number of rotatable bonds is 8. The van der Waals surface area contributed by atoms with Gasteiger partial charge < -0.3 is 11.1 Å². The van der Waals surface area contributed by atoms with Crippen LogP contribution in [-0.2, 0) is 4.79 Å². The van der Waals surface area contributed by atoms with E-state index in [9.17, 15) is 4.79 Å². The van der Waals surface area contributed by atoms with Crippen molar-refractivity contribution in [2.24, 2.45) is 5.73 Å². The van der Waals surface area contributed by atoms with E-state index in [1.165, 1.54) is 19.3 Å². The molecule has 1 fully saturated rings. The lowest BCUT2D eigenvalue weighted by molar-refractivity contribution is -0.126. The summed E-state index contributed by atoms with van der Waals surface area (Å²) in [6, 6.07) is 1.05. The highest BCUT2D eigenvalue weighted by Crippen LogP contribution is 2.32. The molecule has 0 aromatic carbocycles. The van der Waals surface area contributed by atoms with Gasteiger partial charge in [0.1, 0.15) is 0 Å². The van der Waals surface area contributed by atoms with Crippen LogP contribution in [0.25, 0.3) is 0 Å². The molecule has 4 heteroatoms. The first kappa shape index (κ1) is 17.4. The van der Waals surface area contributed by atoms with E-state index >= 15 is 0 Å². The molecule has 0 aromatic heterocycles. The Morgan fingerprint density at radius 1 is 1.50 bits per heavy atom. The smallest absolute Gasteiger partial charge is 0.237 e. The van der Waals surface area contributed by atoms with E-state index in [-0.39, 0.29) is 5.91 Å². The van der Waals surface area contributed by atoms with Gasteiger partial charge in [0, 0.05) is 12.1 Å². The van der Waals surface area contributed by atoms with Gasteiger partial charge in [0.25, 0.3) is 0 Å². The summed E-state index contributed by atoms with van der Waals surface area (Å²) in [5, 5.41) is 3.21.